The zero-order valence-electron chi connectivity index (χ0n) is 21.3. The molecule has 4 aromatic rings. The summed E-state index contributed by atoms with van der Waals surface area (Å²) >= 11 is 0. The summed E-state index contributed by atoms with van der Waals surface area (Å²) in [6.45, 7) is 0. The minimum atomic E-state index is 0.971. The maximum Gasteiger partial charge on any atom is -0.00194 e. The molecular weight excluding hydrogens is 444 g/mol. The van der Waals surface area contributed by atoms with E-state index in [4.69, 9.17) is 0 Å². The Hall–Kier alpha value is -3.90. The molecule has 0 heterocycles. The molecule has 0 amide bonds. The molecule has 0 unspecified atom stereocenters. The topological polar surface area (TPSA) is 0 Å². The van der Waals surface area contributed by atoms with Crippen LogP contribution < -0.4 is 10.4 Å². The number of allylic oxidation sites excluding steroid dienone is 4. The summed E-state index contributed by atoms with van der Waals surface area (Å²) in [5, 5.41) is 5.73. The minimum absolute atomic E-state index is 0.971. The van der Waals surface area contributed by atoms with Crippen molar-refractivity contribution in [1.82, 2.24) is 0 Å². The summed E-state index contributed by atoms with van der Waals surface area (Å²) in [4.78, 5) is 0. The van der Waals surface area contributed by atoms with Crippen LogP contribution in [0, 0.1) is 10.4 Å². The van der Waals surface area contributed by atoms with Crippen molar-refractivity contribution in [2.75, 3.05) is 0 Å². The minimum Gasteiger partial charge on any atom is -0.0801 e. The van der Waals surface area contributed by atoms with Crippen molar-refractivity contribution in [2.24, 2.45) is 0 Å². The molecule has 0 heteroatoms. The highest BCUT2D eigenvalue weighted by atomic mass is 14.2. The third-order valence-corrected chi connectivity index (χ3v) is 8.30. The van der Waals surface area contributed by atoms with Crippen LogP contribution in [0.2, 0.25) is 0 Å². The molecule has 37 heavy (non-hydrogen) atoms. The van der Waals surface area contributed by atoms with Crippen LogP contribution >= 0.6 is 0 Å². The lowest BCUT2D eigenvalue weighted by molar-refractivity contribution is 0.886. The fourth-order valence-electron chi connectivity index (χ4n) is 6.56. The second-order valence-corrected chi connectivity index (χ2v) is 10.8. The summed E-state index contributed by atoms with van der Waals surface area (Å²) in [5.74, 6) is 0. The molecule has 180 valence electrons. The lowest BCUT2D eigenvalue weighted by Crippen LogP contribution is -2.20. The van der Waals surface area contributed by atoms with E-state index < -0.39 is 0 Å². The summed E-state index contributed by atoms with van der Waals surface area (Å²) in [6, 6.07) is 31.5. The molecule has 0 saturated heterocycles. The van der Waals surface area contributed by atoms with Crippen LogP contribution in [0.4, 0.5) is 0 Å². The maximum atomic E-state index is 2.55. The van der Waals surface area contributed by atoms with Crippen molar-refractivity contribution in [3.05, 3.63) is 157 Å². The van der Waals surface area contributed by atoms with Gasteiger partial charge in [0.25, 0.3) is 0 Å². The monoisotopic (exact) mass is 476 g/mol. The Morgan fingerprint density at radius 3 is 2.08 bits per heavy atom. The molecule has 3 aliphatic carbocycles. The summed E-state index contributed by atoms with van der Waals surface area (Å²) < 4.78 is 0. The maximum absolute atomic E-state index is 2.55. The van der Waals surface area contributed by atoms with E-state index in [1.807, 2.05) is 0 Å². The van der Waals surface area contributed by atoms with Gasteiger partial charge in [-0.25, -0.2) is 0 Å². The molecule has 0 aliphatic heterocycles. The SMILES string of the molecule is C1=CCC(c2c3c(cc(Cc4ccccc4)c2=C2CCCC2)=c2cc(Cc4ccccc4)ccc2=C3)=C1. The fraction of sp³-hybridized carbons (Fsp3) is 0.189. The molecule has 7 rings (SSSR count). The molecule has 1 saturated carbocycles. The number of hydrogen-bond donors (Lipinski definition) is 0. The van der Waals surface area contributed by atoms with Crippen LogP contribution in [0.1, 0.15) is 65.5 Å². The van der Waals surface area contributed by atoms with Gasteiger partial charge in [0.1, 0.15) is 0 Å². The third kappa shape index (κ3) is 4.21. The van der Waals surface area contributed by atoms with Gasteiger partial charge in [0, 0.05) is 0 Å². The number of fused-ring (bicyclic) bond motifs is 2. The van der Waals surface area contributed by atoms with E-state index in [9.17, 15) is 0 Å². The van der Waals surface area contributed by atoms with Crippen molar-refractivity contribution < 1.29 is 0 Å². The Labute approximate surface area is 219 Å². The van der Waals surface area contributed by atoms with E-state index in [-0.39, 0.29) is 0 Å². The first kappa shape index (κ1) is 22.3. The second kappa shape index (κ2) is 9.52. The first-order valence-electron chi connectivity index (χ1n) is 13.8. The first-order chi connectivity index (χ1) is 18.3. The summed E-state index contributed by atoms with van der Waals surface area (Å²) in [5.41, 5.74) is 11.7. The lowest BCUT2D eigenvalue weighted by Gasteiger charge is -2.16. The average Bonchev–Trinajstić information content (AvgIpc) is 3.71. The van der Waals surface area contributed by atoms with Crippen molar-refractivity contribution in [3.63, 3.8) is 0 Å². The van der Waals surface area contributed by atoms with Gasteiger partial charge >= 0.3 is 0 Å². The second-order valence-electron chi connectivity index (χ2n) is 10.8. The van der Waals surface area contributed by atoms with Crippen molar-refractivity contribution in [1.29, 1.82) is 0 Å². The van der Waals surface area contributed by atoms with Crippen LogP contribution in [0.25, 0.3) is 17.2 Å². The van der Waals surface area contributed by atoms with Gasteiger partial charge < -0.3 is 0 Å². The fourth-order valence-corrected chi connectivity index (χ4v) is 6.56. The standard InChI is InChI=1S/C37H32/c1-3-11-26(12-4-1)21-28-19-20-31-24-35-34(33(31)23-28)25-32(22-27-13-5-2-6-14-27)36(29-15-7-8-16-29)37(35)30-17-9-10-18-30/h1-6,9-14,17,19-20,23-25H,7-8,15-16,18,21-22H2. The molecule has 0 radical (unpaired) electrons. The van der Waals surface area contributed by atoms with Gasteiger partial charge in [-0.05, 0) is 117 Å². The van der Waals surface area contributed by atoms with Crippen LogP contribution in [0.3, 0.4) is 0 Å². The molecule has 0 aromatic heterocycles. The van der Waals surface area contributed by atoms with E-state index in [1.54, 1.807) is 10.8 Å². The number of hydrogen-bond acceptors (Lipinski definition) is 0. The van der Waals surface area contributed by atoms with Crippen LogP contribution in [0.5, 0.6) is 0 Å². The third-order valence-electron chi connectivity index (χ3n) is 8.30. The van der Waals surface area contributed by atoms with E-state index in [2.05, 4.69) is 109 Å². The largest absolute Gasteiger partial charge is 0.0801 e. The van der Waals surface area contributed by atoms with E-state index in [0.717, 1.165) is 19.3 Å². The smallest absolute Gasteiger partial charge is 0.00194 e. The molecule has 4 aromatic carbocycles. The highest BCUT2D eigenvalue weighted by Crippen LogP contribution is 2.32. The highest BCUT2D eigenvalue weighted by molar-refractivity contribution is 5.81. The molecular formula is C37H32. The lowest BCUT2D eigenvalue weighted by atomic mass is 9.87. The van der Waals surface area contributed by atoms with Gasteiger partial charge in [0.05, 0.1) is 0 Å². The highest BCUT2D eigenvalue weighted by Gasteiger charge is 2.21. The van der Waals surface area contributed by atoms with Gasteiger partial charge in [0.15, 0.2) is 0 Å². The Kier molecular flexibility index (Phi) is 5.74. The molecule has 0 atom stereocenters. The zero-order chi connectivity index (χ0) is 24.6. The Balaban J connectivity index is 1.51. The van der Waals surface area contributed by atoms with Crippen molar-refractivity contribution >= 4 is 17.2 Å². The Morgan fingerprint density at radius 1 is 0.649 bits per heavy atom. The van der Waals surface area contributed by atoms with Crippen LogP contribution in [0.15, 0.2) is 103 Å². The van der Waals surface area contributed by atoms with E-state index >= 15 is 0 Å². The van der Waals surface area contributed by atoms with Gasteiger partial charge in [-0.2, -0.15) is 0 Å². The molecule has 0 nitrogen and oxygen atoms in total. The number of benzene rings is 4. The molecule has 0 spiro atoms. The van der Waals surface area contributed by atoms with Gasteiger partial charge in [-0.15, -0.1) is 0 Å². The molecule has 3 aliphatic rings. The Bertz CT molecular complexity index is 1760. The normalized spacial score (nSPS) is 15.5. The van der Waals surface area contributed by atoms with Gasteiger partial charge in [-0.3, -0.25) is 0 Å². The van der Waals surface area contributed by atoms with Crippen LogP contribution in [-0.4, -0.2) is 0 Å². The molecule has 0 bridgehead atoms. The first-order valence-corrected chi connectivity index (χ1v) is 13.8. The van der Waals surface area contributed by atoms with Crippen molar-refractivity contribution in [2.45, 2.75) is 44.9 Å². The van der Waals surface area contributed by atoms with Crippen LogP contribution in [-0.2, 0) is 12.8 Å². The molecule has 1 fully saturated rings. The zero-order valence-corrected chi connectivity index (χ0v) is 21.3. The van der Waals surface area contributed by atoms with E-state index in [0.29, 0.717) is 0 Å². The number of rotatable bonds is 5. The summed E-state index contributed by atoms with van der Waals surface area (Å²) in [6.07, 6.45) is 17.5. The van der Waals surface area contributed by atoms with E-state index in [1.165, 1.54) is 80.3 Å². The van der Waals surface area contributed by atoms with Gasteiger partial charge in [0.2, 0.25) is 0 Å². The Morgan fingerprint density at radius 2 is 1.38 bits per heavy atom. The van der Waals surface area contributed by atoms with Crippen molar-refractivity contribution in [3.8, 4) is 0 Å². The molecule has 0 N–H and O–H groups in total. The predicted octanol–water partition coefficient (Wildman–Crippen LogP) is 7.37. The average molecular weight is 477 g/mol. The van der Waals surface area contributed by atoms with Gasteiger partial charge in [-0.1, -0.05) is 103 Å². The summed E-state index contributed by atoms with van der Waals surface area (Å²) in [7, 11) is 0. The quantitative estimate of drug-likeness (QED) is 0.248. The predicted molar refractivity (Wildman–Crippen MR) is 155 cm³/mol.